The molecule has 0 radical (unpaired) electrons. The molecule has 0 saturated heterocycles. The summed E-state index contributed by atoms with van der Waals surface area (Å²) < 4.78 is 0.927. The molecule has 1 saturated carbocycles. The van der Waals surface area contributed by atoms with E-state index in [1.54, 1.807) is 0 Å². The molecule has 3 N–H and O–H groups in total. The van der Waals surface area contributed by atoms with Crippen molar-refractivity contribution in [3.05, 3.63) is 27.7 Å². The van der Waals surface area contributed by atoms with Crippen LogP contribution < -0.4 is 11.1 Å². The average Bonchev–Trinajstić information content (AvgIpc) is 2.42. The summed E-state index contributed by atoms with van der Waals surface area (Å²) in [5.74, 6) is 1.54. The maximum atomic E-state index is 6.15. The predicted molar refractivity (Wildman–Crippen MR) is 96.0 cm³/mol. The average molecular weight is 374 g/mol. The summed E-state index contributed by atoms with van der Waals surface area (Å²) in [7, 11) is 0. The molecule has 1 aromatic carbocycles. The molecule has 4 heteroatoms. The highest BCUT2D eigenvalue weighted by Gasteiger charge is 2.35. The highest BCUT2D eigenvalue weighted by molar-refractivity contribution is 9.10. The fourth-order valence-electron chi connectivity index (χ4n) is 3.58. The van der Waals surface area contributed by atoms with Crippen LogP contribution in [0.2, 0.25) is 5.02 Å². The molecule has 1 aromatic rings. The van der Waals surface area contributed by atoms with Gasteiger partial charge in [-0.2, -0.15) is 0 Å². The van der Waals surface area contributed by atoms with Gasteiger partial charge in [0, 0.05) is 22.2 Å². The third-order valence-electron chi connectivity index (χ3n) is 4.47. The molecule has 1 fully saturated rings. The number of anilines is 1. The lowest BCUT2D eigenvalue weighted by Gasteiger charge is -2.42. The monoisotopic (exact) mass is 372 g/mol. The largest absolute Gasteiger partial charge is 0.378 e. The first-order valence-electron chi connectivity index (χ1n) is 7.87. The molecule has 2 atom stereocenters. The highest BCUT2D eigenvalue weighted by atomic mass is 79.9. The van der Waals surface area contributed by atoms with Crippen LogP contribution in [0.15, 0.2) is 22.7 Å². The van der Waals surface area contributed by atoms with E-state index in [4.69, 9.17) is 17.3 Å². The van der Waals surface area contributed by atoms with Gasteiger partial charge in [-0.15, -0.1) is 0 Å². The van der Waals surface area contributed by atoms with Gasteiger partial charge in [-0.3, -0.25) is 0 Å². The Labute approximate surface area is 142 Å². The lowest BCUT2D eigenvalue weighted by molar-refractivity contribution is 0.223. The van der Waals surface area contributed by atoms with Crippen LogP contribution in [0, 0.1) is 11.8 Å². The van der Waals surface area contributed by atoms with Gasteiger partial charge in [0.15, 0.2) is 0 Å². The zero-order chi connectivity index (χ0) is 15.5. The molecule has 0 spiro atoms. The molecule has 118 valence electrons. The number of benzene rings is 1. The Morgan fingerprint density at radius 2 is 2.24 bits per heavy atom. The first kappa shape index (κ1) is 17.1. The number of nitrogens with two attached hydrogens (primary N) is 1. The van der Waals surface area contributed by atoms with Gasteiger partial charge in [0.25, 0.3) is 0 Å². The summed E-state index contributed by atoms with van der Waals surface area (Å²) >= 11 is 9.56. The summed E-state index contributed by atoms with van der Waals surface area (Å²) in [4.78, 5) is 0. The van der Waals surface area contributed by atoms with E-state index in [0.29, 0.717) is 6.54 Å². The van der Waals surface area contributed by atoms with Crippen molar-refractivity contribution in [3.63, 3.8) is 0 Å². The number of nitrogens with one attached hydrogen (secondary N) is 1. The van der Waals surface area contributed by atoms with E-state index < -0.39 is 0 Å². The molecule has 0 aromatic heterocycles. The molecule has 0 amide bonds. The smallest absolute Gasteiger partial charge is 0.0549 e. The van der Waals surface area contributed by atoms with Crippen molar-refractivity contribution < 1.29 is 0 Å². The van der Waals surface area contributed by atoms with Crippen LogP contribution in [0.1, 0.15) is 46.0 Å². The van der Waals surface area contributed by atoms with Crippen LogP contribution in [0.25, 0.3) is 0 Å². The van der Waals surface area contributed by atoms with E-state index in [-0.39, 0.29) is 5.54 Å². The van der Waals surface area contributed by atoms with Crippen LogP contribution in [0.3, 0.4) is 0 Å². The zero-order valence-electron chi connectivity index (χ0n) is 13.0. The second kappa shape index (κ2) is 7.34. The van der Waals surface area contributed by atoms with Crippen molar-refractivity contribution in [1.29, 1.82) is 0 Å². The van der Waals surface area contributed by atoms with E-state index in [0.717, 1.165) is 33.4 Å². The second-order valence-electron chi connectivity index (χ2n) is 6.83. The molecule has 2 unspecified atom stereocenters. The minimum absolute atomic E-state index is 0.0328. The minimum Gasteiger partial charge on any atom is -0.378 e. The Morgan fingerprint density at radius 3 is 2.86 bits per heavy atom. The molecule has 21 heavy (non-hydrogen) atoms. The van der Waals surface area contributed by atoms with Crippen molar-refractivity contribution in [3.8, 4) is 0 Å². The quantitative estimate of drug-likeness (QED) is 0.720. The van der Waals surface area contributed by atoms with Crippen molar-refractivity contribution >= 4 is 33.2 Å². The minimum atomic E-state index is 0.0328. The molecule has 0 bridgehead atoms. The van der Waals surface area contributed by atoms with Crippen molar-refractivity contribution in [2.75, 3.05) is 11.9 Å². The van der Waals surface area contributed by atoms with Crippen molar-refractivity contribution in [1.82, 2.24) is 0 Å². The Hall–Kier alpha value is -0.250. The van der Waals surface area contributed by atoms with Crippen molar-refractivity contribution in [2.24, 2.45) is 17.6 Å². The Morgan fingerprint density at radius 1 is 1.48 bits per heavy atom. The maximum Gasteiger partial charge on any atom is 0.0549 e. The Bertz CT molecular complexity index is 478. The van der Waals surface area contributed by atoms with Crippen LogP contribution >= 0.6 is 27.5 Å². The van der Waals surface area contributed by atoms with E-state index >= 15 is 0 Å². The van der Waals surface area contributed by atoms with E-state index in [9.17, 15) is 0 Å². The Balaban J connectivity index is 2.11. The van der Waals surface area contributed by atoms with Crippen LogP contribution in [0.5, 0.6) is 0 Å². The first-order valence-corrected chi connectivity index (χ1v) is 9.04. The third kappa shape index (κ3) is 4.61. The molecule has 1 aliphatic carbocycles. The van der Waals surface area contributed by atoms with Gasteiger partial charge in [0.05, 0.1) is 5.02 Å². The normalized spacial score (nSPS) is 26.1. The zero-order valence-corrected chi connectivity index (χ0v) is 15.3. The molecule has 1 aliphatic rings. The number of rotatable bonds is 5. The molecular weight excluding hydrogens is 348 g/mol. The fraction of sp³-hybridized carbons (Fsp3) is 0.647. The van der Waals surface area contributed by atoms with Crippen LogP contribution in [-0.2, 0) is 0 Å². The summed E-state index contributed by atoms with van der Waals surface area (Å²) in [6.45, 7) is 5.30. The van der Waals surface area contributed by atoms with E-state index in [1.807, 2.05) is 18.2 Å². The molecule has 2 rings (SSSR count). The molecule has 2 nitrogen and oxygen atoms in total. The van der Waals surface area contributed by atoms with Crippen LogP contribution in [0.4, 0.5) is 5.69 Å². The second-order valence-corrected chi connectivity index (χ2v) is 8.09. The number of halogens is 2. The van der Waals surface area contributed by atoms with Gasteiger partial charge in [-0.1, -0.05) is 38.3 Å². The molecular formula is C17H26BrClN2. The van der Waals surface area contributed by atoms with Gasteiger partial charge in [0.2, 0.25) is 0 Å². The van der Waals surface area contributed by atoms with Gasteiger partial charge in [0.1, 0.15) is 0 Å². The fourth-order valence-corrected chi connectivity index (χ4v) is 4.08. The van der Waals surface area contributed by atoms with Crippen molar-refractivity contribution in [2.45, 2.75) is 51.5 Å². The van der Waals surface area contributed by atoms with Crippen LogP contribution in [-0.4, -0.2) is 12.1 Å². The standard InChI is InChI=1S/C17H26BrClN2/c1-12(2)8-13-4-3-7-17(10-13,11-20)21-14-5-6-16(19)15(18)9-14/h5-6,9,12-13,21H,3-4,7-8,10-11,20H2,1-2H3. The Kier molecular flexibility index (Phi) is 5.98. The van der Waals surface area contributed by atoms with Gasteiger partial charge >= 0.3 is 0 Å². The summed E-state index contributed by atoms with van der Waals surface area (Å²) in [5.41, 5.74) is 7.28. The highest BCUT2D eigenvalue weighted by Crippen LogP contribution is 2.38. The lowest BCUT2D eigenvalue weighted by Crippen LogP contribution is -2.49. The number of hydrogen-bond donors (Lipinski definition) is 2. The lowest BCUT2D eigenvalue weighted by atomic mass is 9.73. The van der Waals surface area contributed by atoms with E-state index in [2.05, 4.69) is 35.1 Å². The van der Waals surface area contributed by atoms with E-state index in [1.165, 1.54) is 25.7 Å². The summed E-state index contributed by atoms with van der Waals surface area (Å²) in [6, 6.07) is 6.01. The first-order chi connectivity index (χ1) is 9.94. The predicted octanol–water partition coefficient (Wildman–Crippen LogP) is 5.45. The summed E-state index contributed by atoms with van der Waals surface area (Å²) in [6.07, 6.45) is 6.22. The molecule has 0 heterocycles. The number of hydrogen-bond acceptors (Lipinski definition) is 2. The molecule has 0 aliphatic heterocycles. The maximum absolute atomic E-state index is 6.15. The SMILES string of the molecule is CC(C)CC1CCCC(CN)(Nc2ccc(Cl)c(Br)c2)C1. The topological polar surface area (TPSA) is 38.0 Å². The summed E-state index contributed by atoms with van der Waals surface area (Å²) in [5, 5.41) is 4.44. The third-order valence-corrected chi connectivity index (χ3v) is 5.69. The van der Waals surface area contributed by atoms with Gasteiger partial charge < -0.3 is 11.1 Å². The van der Waals surface area contributed by atoms with Gasteiger partial charge in [-0.25, -0.2) is 0 Å². The van der Waals surface area contributed by atoms with Gasteiger partial charge in [-0.05, 0) is 65.2 Å².